The Hall–Kier alpha value is -0.620. The van der Waals surface area contributed by atoms with E-state index in [9.17, 15) is 13.2 Å². The van der Waals surface area contributed by atoms with Crippen LogP contribution in [0.1, 0.15) is 47.5 Å². The normalized spacial score (nSPS) is 17.1. The van der Waals surface area contributed by atoms with Gasteiger partial charge in [-0.1, -0.05) is 20.8 Å². The highest BCUT2D eigenvalue weighted by atomic mass is 127. The zero-order valence-corrected chi connectivity index (χ0v) is 20.3. The van der Waals surface area contributed by atoms with Crippen molar-refractivity contribution >= 4 is 45.9 Å². The van der Waals surface area contributed by atoms with Crippen molar-refractivity contribution in [2.45, 2.75) is 53.5 Å². The number of carbonyl (C=O) groups is 1. The zero-order chi connectivity index (χ0) is 19.8. The number of piperidine rings is 1. The van der Waals surface area contributed by atoms with Crippen LogP contribution in [0.3, 0.4) is 0 Å². The molecule has 0 aromatic rings. The molecule has 0 unspecified atom stereocenters. The quantitative estimate of drug-likeness (QED) is 0.204. The van der Waals surface area contributed by atoms with Crippen LogP contribution in [0.2, 0.25) is 0 Å². The van der Waals surface area contributed by atoms with Crippen LogP contribution in [-0.2, 0) is 14.8 Å². The molecule has 27 heavy (non-hydrogen) atoms. The number of nitrogens with zero attached hydrogens (tertiary/aromatic N) is 2. The minimum atomic E-state index is -3.10. The minimum Gasteiger partial charge on any atom is -0.357 e. The van der Waals surface area contributed by atoms with Gasteiger partial charge in [-0.05, 0) is 26.7 Å². The van der Waals surface area contributed by atoms with E-state index in [-0.39, 0.29) is 41.7 Å². The molecule has 0 atom stereocenters. The average molecular weight is 517 g/mol. The van der Waals surface area contributed by atoms with Gasteiger partial charge >= 0.3 is 0 Å². The number of carbonyl (C=O) groups excluding carboxylic acids is 1. The Morgan fingerprint density at radius 3 is 2.22 bits per heavy atom. The monoisotopic (exact) mass is 517 g/mol. The number of hydrogen-bond donors (Lipinski definition) is 3. The van der Waals surface area contributed by atoms with Crippen LogP contribution in [0.4, 0.5) is 0 Å². The van der Waals surface area contributed by atoms with Gasteiger partial charge in [0.05, 0.1) is 12.3 Å². The first-order valence-electron chi connectivity index (χ1n) is 9.41. The van der Waals surface area contributed by atoms with Crippen LogP contribution < -0.4 is 16.0 Å². The summed E-state index contributed by atoms with van der Waals surface area (Å²) in [5.41, 5.74) is -0.404. The lowest BCUT2D eigenvalue weighted by atomic mass is 9.96. The molecule has 0 bridgehead atoms. The SMILES string of the molecule is CCNC(=NCCNC(=O)C(C)(C)C)NC1CCN(S(=O)(=O)CC)CC1.I. The maximum atomic E-state index is 11.9. The molecule has 0 aliphatic carbocycles. The number of halogens is 1. The van der Waals surface area contributed by atoms with E-state index < -0.39 is 15.4 Å². The molecule has 1 aliphatic rings. The summed E-state index contributed by atoms with van der Waals surface area (Å²) in [4.78, 5) is 16.3. The van der Waals surface area contributed by atoms with Gasteiger partial charge in [-0.2, -0.15) is 0 Å². The molecular weight excluding hydrogens is 481 g/mol. The largest absolute Gasteiger partial charge is 0.357 e. The molecular formula is C17H36IN5O3S. The number of aliphatic imine (C=N–C) groups is 1. The Balaban J connectivity index is 0.00000676. The minimum absolute atomic E-state index is 0. The average Bonchev–Trinajstić information content (AvgIpc) is 2.58. The third-order valence-corrected chi connectivity index (χ3v) is 6.13. The highest BCUT2D eigenvalue weighted by Gasteiger charge is 2.27. The maximum absolute atomic E-state index is 11.9. The second-order valence-corrected chi connectivity index (χ2v) is 9.74. The first-order chi connectivity index (χ1) is 12.1. The molecule has 1 saturated heterocycles. The van der Waals surface area contributed by atoms with Crippen molar-refractivity contribution < 1.29 is 13.2 Å². The molecule has 0 saturated carbocycles. The molecule has 1 amide bonds. The van der Waals surface area contributed by atoms with Crippen molar-refractivity contribution in [2.75, 3.05) is 38.5 Å². The second-order valence-electron chi connectivity index (χ2n) is 7.48. The topological polar surface area (TPSA) is 103 Å². The van der Waals surface area contributed by atoms with Crippen LogP contribution in [-0.4, -0.2) is 69.1 Å². The molecule has 0 aromatic carbocycles. The zero-order valence-electron chi connectivity index (χ0n) is 17.2. The van der Waals surface area contributed by atoms with E-state index in [4.69, 9.17) is 0 Å². The van der Waals surface area contributed by atoms with Crippen molar-refractivity contribution in [3.05, 3.63) is 0 Å². The van der Waals surface area contributed by atoms with Gasteiger partial charge in [0, 0.05) is 37.6 Å². The molecule has 1 heterocycles. The van der Waals surface area contributed by atoms with Crippen LogP contribution in [0.5, 0.6) is 0 Å². The first kappa shape index (κ1) is 26.4. The van der Waals surface area contributed by atoms with Crippen molar-refractivity contribution in [1.29, 1.82) is 0 Å². The summed E-state index contributed by atoms with van der Waals surface area (Å²) in [6.07, 6.45) is 1.51. The van der Waals surface area contributed by atoms with Crippen molar-refractivity contribution in [2.24, 2.45) is 10.4 Å². The molecule has 0 spiro atoms. The highest BCUT2D eigenvalue weighted by Crippen LogP contribution is 2.14. The van der Waals surface area contributed by atoms with Crippen molar-refractivity contribution in [3.8, 4) is 0 Å². The predicted molar refractivity (Wildman–Crippen MR) is 121 cm³/mol. The van der Waals surface area contributed by atoms with E-state index in [1.165, 1.54) is 0 Å². The molecule has 1 aliphatic heterocycles. The Labute approximate surface area is 181 Å². The lowest BCUT2D eigenvalue weighted by molar-refractivity contribution is -0.128. The fourth-order valence-electron chi connectivity index (χ4n) is 2.58. The molecule has 0 aromatic heterocycles. The number of sulfonamides is 1. The van der Waals surface area contributed by atoms with E-state index in [0.29, 0.717) is 32.1 Å². The lowest BCUT2D eigenvalue weighted by Crippen LogP contribution is -2.50. The number of hydrogen-bond acceptors (Lipinski definition) is 4. The summed E-state index contributed by atoms with van der Waals surface area (Å²) in [5, 5.41) is 9.44. The Kier molecular flexibility index (Phi) is 11.8. The summed E-state index contributed by atoms with van der Waals surface area (Å²) in [7, 11) is -3.10. The maximum Gasteiger partial charge on any atom is 0.225 e. The van der Waals surface area contributed by atoms with E-state index >= 15 is 0 Å². The third-order valence-electron chi connectivity index (χ3n) is 4.25. The molecule has 8 nitrogen and oxygen atoms in total. The van der Waals surface area contributed by atoms with Gasteiger partial charge in [0.15, 0.2) is 5.96 Å². The summed E-state index contributed by atoms with van der Waals surface area (Å²) < 4.78 is 25.4. The number of rotatable bonds is 7. The Bertz CT molecular complexity index is 582. The summed E-state index contributed by atoms with van der Waals surface area (Å²) in [6, 6.07) is 0.195. The van der Waals surface area contributed by atoms with E-state index in [2.05, 4.69) is 20.9 Å². The van der Waals surface area contributed by atoms with Gasteiger partial charge < -0.3 is 16.0 Å². The van der Waals surface area contributed by atoms with E-state index in [1.54, 1.807) is 11.2 Å². The fourth-order valence-corrected chi connectivity index (χ4v) is 3.71. The summed E-state index contributed by atoms with van der Waals surface area (Å²) in [5.74, 6) is 0.861. The molecule has 0 radical (unpaired) electrons. The highest BCUT2D eigenvalue weighted by molar-refractivity contribution is 14.0. The number of guanidine groups is 1. The Morgan fingerprint density at radius 2 is 1.74 bits per heavy atom. The predicted octanol–water partition coefficient (Wildman–Crippen LogP) is 1.14. The molecule has 160 valence electrons. The number of nitrogens with one attached hydrogen (secondary N) is 3. The first-order valence-corrected chi connectivity index (χ1v) is 11.0. The summed E-state index contributed by atoms with van der Waals surface area (Å²) in [6.45, 7) is 12.1. The lowest BCUT2D eigenvalue weighted by Gasteiger charge is -2.32. The molecule has 10 heteroatoms. The van der Waals surface area contributed by atoms with Crippen molar-refractivity contribution in [3.63, 3.8) is 0 Å². The van der Waals surface area contributed by atoms with E-state index in [1.807, 2.05) is 27.7 Å². The van der Waals surface area contributed by atoms with Gasteiger partial charge in [-0.3, -0.25) is 9.79 Å². The molecule has 1 rings (SSSR count). The van der Waals surface area contributed by atoms with E-state index in [0.717, 1.165) is 19.4 Å². The van der Waals surface area contributed by atoms with Crippen LogP contribution in [0.15, 0.2) is 4.99 Å². The van der Waals surface area contributed by atoms with Crippen molar-refractivity contribution in [1.82, 2.24) is 20.3 Å². The van der Waals surface area contributed by atoms with Crippen LogP contribution in [0.25, 0.3) is 0 Å². The van der Waals surface area contributed by atoms with Gasteiger partial charge in [-0.15, -0.1) is 24.0 Å². The number of amides is 1. The Morgan fingerprint density at radius 1 is 1.15 bits per heavy atom. The van der Waals surface area contributed by atoms with Gasteiger partial charge in [0.1, 0.15) is 0 Å². The smallest absolute Gasteiger partial charge is 0.225 e. The van der Waals surface area contributed by atoms with Crippen LogP contribution >= 0.6 is 24.0 Å². The van der Waals surface area contributed by atoms with Gasteiger partial charge in [-0.25, -0.2) is 12.7 Å². The van der Waals surface area contributed by atoms with Crippen LogP contribution in [0, 0.1) is 5.41 Å². The second kappa shape index (κ2) is 12.1. The fraction of sp³-hybridized carbons (Fsp3) is 0.882. The van der Waals surface area contributed by atoms with Gasteiger partial charge in [0.2, 0.25) is 15.9 Å². The third kappa shape index (κ3) is 9.42. The molecule has 1 fully saturated rings. The standard InChI is InChI=1S/C17H35N5O3S.HI/c1-6-18-16(20-11-10-19-15(23)17(3,4)5)21-14-8-12-22(13-9-14)26(24,25)7-2;/h14H,6-13H2,1-5H3,(H,19,23)(H2,18,20,21);1H. The summed E-state index contributed by atoms with van der Waals surface area (Å²) >= 11 is 0. The molecule has 3 N–H and O–H groups in total. The van der Waals surface area contributed by atoms with Gasteiger partial charge in [0.25, 0.3) is 0 Å².